The molecular weight excluding hydrogens is 247 g/mol. The number of aryl methyl sites for hydroxylation is 2. The monoisotopic (exact) mass is 262 g/mol. The maximum absolute atomic E-state index is 12.8. The van der Waals surface area contributed by atoms with Crippen molar-refractivity contribution in [3.8, 4) is 0 Å². The number of halogens is 1. The first-order valence-corrected chi connectivity index (χ1v) is 5.92. The first-order chi connectivity index (χ1) is 8.99. The van der Waals surface area contributed by atoms with Crippen molar-refractivity contribution in [1.29, 1.82) is 0 Å². The summed E-state index contributed by atoms with van der Waals surface area (Å²) >= 11 is 0. The summed E-state index contributed by atoms with van der Waals surface area (Å²) < 4.78 is 17.8. The van der Waals surface area contributed by atoms with Crippen LogP contribution in [0.4, 0.5) is 4.39 Å². The third kappa shape index (κ3) is 2.81. The largest absolute Gasteiger partial charge is 0.361 e. The van der Waals surface area contributed by atoms with Crippen LogP contribution in [-0.4, -0.2) is 23.0 Å². The molecule has 0 atom stereocenters. The zero-order chi connectivity index (χ0) is 14.0. The Bertz CT molecular complexity index is 570. The van der Waals surface area contributed by atoms with Crippen molar-refractivity contribution < 1.29 is 13.7 Å². The molecule has 19 heavy (non-hydrogen) atoms. The fourth-order valence-corrected chi connectivity index (χ4v) is 1.91. The van der Waals surface area contributed by atoms with Gasteiger partial charge in [0.25, 0.3) is 5.91 Å². The van der Waals surface area contributed by atoms with Gasteiger partial charge in [0.15, 0.2) is 0 Å². The van der Waals surface area contributed by atoms with Crippen LogP contribution in [0.15, 0.2) is 28.8 Å². The summed E-state index contributed by atoms with van der Waals surface area (Å²) in [5.74, 6) is 0.0671. The van der Waals surface area contributed by atoms with Gasteiger partial charge in [0.05, 0.1) is 5.69 Å². The molecule has 0 aliphatic carbocycles. The molecule has 4 nitrogen and oxygen atoms in total. The molecule has 2 aromatic rings. The van der Waals surface area contributed by atoms with Gasteiger partial charge in [-0.1, -0.05) is 17.3 Å². The first-order valence-electron chi connectivity index (χ1n) is 5.92. The Kier molecular flexibility index (Phi) is 3.64. The van der Waals surface area contributed by atoms with Gasteiger partial charge in [0.2, 0.25) is 0 Å². The van der Waals surface area contributed by atoms with Crippen LogP contribution >= 0.6 is 0 Å². The smallest absolute Gasteiger partial charge is 0.259 e. The molecule has 1 amide bonds. The second kappa shape index (κ2) is 5.22. The van der Waals surface area contributed by atoms with Crippen LogP contribution in [0.2, 0.25) is 0 Å². The van der Waals surface area contributed by atoms with Crippen LogP contribution in [0.3, 0.4) is 0 Å². The van der Waals surface area contributed by atoms with E-state index in [1.54, 1.807) is 37.9 Å². The van der Waals surface area contributed by atoms with E-state index in [1.807, 2.05) is 0 Å². The minimum Gasteiger partial charge on any atom is -0.361 e. The topological polar surface area (TPSA) is 46.3 Å². The van der Waals surface area contributed by atoms with Gasteiger partial charge in [-0.15, -0.1) is 0 Å². The molecule has 0 unspecified atom stereocenters. The number of carbonyl (C=O) groups excluding carboxylic acids is 1. The summed E-state index contributed by atoms with van der Waals surface area (Å²) in [7, 11) is 1.69. The summed E-state index contributed by atoms with van der Waals surface area (Å²) in [6, 6.07) is 6.08. The Hall–Kier alpha value is -2.17. The number of nitrogens with zero attached hydrogens (tertiary/aromatic N) is 2. The highest BCUT2D eigenvalue weighted by molar-refractivity contribution is 5.95. The van der Waals surface area contributed by atoms with Crippen molar-refractivity contribution in [1.82, 2.24) is 10.1 Å². The molecule has 0 radical (unpaired) electrons. The molecule has 2 rings (SSSR count). The number of carbonyl (C=O) groups is 1. The van der Waals surface area contributed by atoms with Crippen LogP contribution in [0.1, 0.15) is 27.4 Å². The Morgan fingerprint density at radius 2 is 1.95 bits per heavy atom. The van der Waals surface area contributed by atoms with Crippen LogP contribution in [0, 0.1) is 19.7 Å². The zero-order valence-corrected chi connectivity index (χ0v) is 11.1. The number of benzene rings is 1. The van der Waals surface area contributed by atoms with E-state index < -0.39 is 0 Å². The lowest BCUT2D eigenvalue weighted by atomic mass is 10.1. The van der Waals surface area contributed by atoms with Gasteiger partial charge in [-0.2, -0.15) is 0 Å². The van der Waals surface area contributed by atoms with Crippen molar-refractivity contribution in [3.05, 3.63) is 52.7 Å². The molecule has 100 valence electrons. The number of rotatable bonds is 3. The average Bonchev–Trinajstić information content (AvgIpc) is 2.71. The summed E-state index contributed by atoms with van der Waals surface area (Å²) in [5.41, 5.74) is 1.93. The average molecular weight is 262 g/mol. The van der Waals surface area contributed by atoms with E-state index in [0.717, 1.165) is 5.56 Å². The molecule has 5 heteroatoms. The molecule has 0 saturated carbocycles. The van der Waals surface area contributed by atoms with Crippen LogP contribution in [-0.2, 0) is 6.54 Å². The number of hydrogen-bond acceptors (Lipinski definition) is 3. The summed E-state index contributed by atoms with van der Waals surface area (Å²) in [6.45, 7) is 3.84. The Labute approximate surface area is 110 Å². The Morgan fingerprint density at radius 3 is 2.47 bits per heavy atom. The van der Waals surface area contributed by atoms with E-state index in [2.05, 4.69) is 5.16 Å². The predicted octanol–water partition coefficient (Wildman–Crippen LogP) is 2.70. The molecule has 0 saturated heterocycles. The summed E-state index contributed by atoms with van der Waals surface area (Å²) in [6.07, 6.45) is 0. The molecule has 0 aliphatic rings. The molecule has 0 N–H and O–H groups in total. The normalized spacial score (nSPS) is 10.5. The second-order valence-electron chi connectivity index (χ2n) is 4.49. The van der Waals surface area contributed by atoms with E-state index in [0.29, 0.717) is 23.6 Å². The highest BCUT2D eigenvalue weighted by Gasteiger charge is 2.20. The van der Waals surface area contributed by atoms with Crippen molar-refractivity contribution in [2.45, 2.75) is 20.4 Å². The van der Waals surface area contributed by atoms with Crippen molar-refractivity contribution in [2.24, 2.45) is 0 Å². The van der Waals surface area contributed by atoms with Crippen molar-refractivity contribution >= 4 is 5.91 Å². The molecule has 1 heterocycles. The molecule has 0 spiro atoms. The second-order valence-corrected chi connectivity index (χ2v) is 4.49. The van der Waals surface area contributed by atoms with Gasteiger partial charge in [0, 0.05) is 13.6 Å². The van der Waals surface area contributed by atoms with Gasteiger partial charge in [0.1, 0.15) is 17.1 Å². The summed E-state index contributed by atoms with van der Waals surface area (Å²) in [4.78, 5) is 13.8. The number of hydrogen-bond donors (Lipinski definition) is 0. The van der Waals surface area contributed by atoms with E-state index in [9.17, 15) is 9.18 Å². The standard InChI is InChI=1S/C14H15FN2O2/c1-9-13(10(2)19-16-9)14(18)17(3)8-11-4-6-12(15)7-5-11/h4-7H,8H2,1-3H3. The Balaban J connectivity index is 2.14. The van der Waals surface area contributed by atoms with E-state index >= 15 is 0 Å². The minimum atomic E-state index is -0.288. The first kappa shape index (κ1) is 13.3. The quantitative estimate of drug-likeness (QED) is 0.854. The fourth-order valence-electron chi connectivity index (χ4n) is 1.91. The molecular formula is C14H15FN2O2. The number of amides is 1. The third-order valence-corrected chi connectivity index (χ3v) is 2.93. The molecule has 0 aliphatic heterocycles. The summed E-state index contributed by atoms with van der Waals surface area (Å²) in [5, 5.41) is 3.77. The lowest BCUT2D eigenvalue weighted by Gasteiger charge is -2.17. The fraction of sp³-hybridized carbons (Fsp3) is 0.286. The van der Waals surface area contributed by atoms with E-state index in [4.69, 9.17) is 4.52 Å². The van der Waals surface area contributed by atoms with Gasteiger partial charge in [-0.05, 0) is 31.5 Å². The van der Waals surface area contributed by atoms with Crippen LogP contribution < -0.4 is 0 Å². The van der Waals surface area contributed by atoms with Crippen molar-refractivity contribution in [2.75, 3.05) is 7.05 Å². The SMILES string of the molecule is Cc1noc(C)c1C(=O)N(C)Cc1ccc(F)cc1. The van der Waals surface area contributed by atoms with Crippen molar-refractivity contribution in [3.63, 3.8) is 0 Å². The van der Waals surface area contributed by atoms with Gasteiger partial charge in [-0.3, -0.25) is 4.79 Å². The molecule has 0 fully saturated rings. The maximum atomic E-state index is 12.8. The van der Waals surface area contributed by atoms with Crippen LogP contribution in [0.25, 0.3) is 0 Å². The van der Waals surface area contributed by atoms with Crippen LogP contribution in [0.5, 0.6) is 0 Å². The molecule has 1 aromatic heterocycles. The van der Waals surface area contributed by atoms with Gasteiger partial charge < -0.3 is 9.42 Å². The minimum absolute atomic E-state index is 0.152. The van der Waals surface area contributed by atoms with Gasteiger partial charge >= 0.3 is 0 Å². The molecule has 1 aromatic carbocycles. The Morgan fingerprint density at radius 1 is 1.32 bits per heavy atom. The maximum Gasteiger partial charge on any atom is 0.259 e. The highest BCUT2D eigenvalue weighted by Crippen LogP contribution is 2.16. The van der Waals surface area contributed by atoms with E-state index in [1.165, 1.54) is 12.1 Å². The predicted molar refractivity (Wildman–Crippen MR) is 68.2 cm³/mol. The lowest BCUT2D eigenvalue weighted by Crippen LogP contribution is -2.27. The lowest BCUT2D eigenvalue weighted by molar-refractivity contribution is 0.0782. The van der Waals surface area contributed by atoms with Gasteiger partial charge in [-0.25, -0.2) is 4.39 Å². The van der Waals surface area contributed by atoms with E-state index in [-0.39, 0.29) is 11.7 Å². The number of aromatic nitrogens is 1. The zero-order valence-electron chi connectivity index (χ0n) is 11.1. The highest BCUT2D eigenvalue weighted by atomic mass is 19.1. The molecule has 0 bridgehead atoms. The third-order valence-electron chi connectivity index (χ3n) is 2.93.